The molecule has 10 heavy (non-hydrogen) atoms. The molecular formula is C4H11BCl3N2-. The van der Waals surface area contributed by atoms with Gasteiger partial charge in [-0.3, -0.25) is 5.43 Å². The number of hydrogen-bond donors (Lipinski definition) is 2. The molecule has 0 amide bonds. The second kappa shape index (κ2) is 3.50. The average molecular weight is 204 g/mol. The highest BCUT2D eigenvalue weighted by atomic mass is 35.6. The van der Waals surface area contributed by atoms with E-state index in [1.54, 1.807) is 0 Å². The Balaban J connectivity index is 3.56. The van der Waals surface area contributed by atoms with Gasteiger partial charge < -0.3 is 39.7 Å². The van der Waals surface area contributed by atoms with E-state index in [-0.39, 0.29) is 5.54 Å². The minimum Gasteiger partial charge on any atom is -0.384 e. The second-order valence-electron chi connectivity index (χ2n) is 3.09. The normalized spacial score (nSPS) is 13.8. The molecule has 2 nitrogen and oxygen atoms in total. The zero-order chi connectivity index (χ0) is 8.41. The molecule has 0 aromatic heterocycles. The molecule has 62 valence electrons. The van der Waals surface area contributed by atoms with E-state index < -0.39 is 4.53 Å². The van der Waals surface area contributed by atoms with Gasteiger partial charge in [0.15, 0.2) is 0 Å². The molecule has 6 heteroatoms. The molecule has 0 saturated heterocycles. The summed E-state index contributed by atoms with van der Waals surface area (Å²) in [6.45, 7) is 5.89. The lowest BCUT2D eigenvalue weighted by molar-refractivity contribution is 0.409. The first kappa shape index (κ1) is 10.9. The summed E-state index contributed by atoms with van der Waals surface area (Å²) in [6.07, 6.45) is 0. The van der Waals surface area contributed by atoms with Crippen LogP contribution in [0.4, 0.5) is 0 Å². The second-order valence-corrected chi connectivity index (χ2v) is 5.73. The van der Waals surface area contributed by atoms with Crippen LogP contribution in [-0.2, 0) is 0 Å². The minimum atomic E-state index is -2.01. The Bertz CT molecular complexity index is 92.1. The molecule has 0 aliphatic heterocycles. The van der Waals surface area contributed by atoms with Crippen molar-refractivity contribution in [2.24, 2.45) is 0 Å². The number of hydrazine groups is 1. The largest absolute Gasteiger partial charge is 0.384 e. The maximum absolute atomic E-state index is 5.46. The molecule has 0 fully saturated rings. The van der Waals surface area contributed by atoms with Gasteiger partial charge in [-0.25, -0.2) is 0 Å². The number of rotatable bonds is 2. The van der Waals surface area contributed by atoms with Crippen LogP contribution in [0.2, 0.25) is 0 Å². The molecule has 0 aromatic rings. The van der Waals surface area contributed by atoms with Gasteiger partial charge in [0.05, 0.1) is 0 Å². The van der Waals surface area contributed by atoms with Gasteiger partial charge in [0, 0.05) is 5.54 Å². The SMILES string of the molecule is CC(C)(C)NN[B-](Cl)(Cl)Cl. The fourth-order valence-corrected chi connectivity index (χ4v) is 0.462. The first-order valence-electron chi connectivity index (χ1n) is 2.94. The van der Waals surface area contributed by atoms with E-state index in [2.05, 4.69) is 10.8 Å². The molecule has 0 spiro atoms. The van der Waals surface area contributed by atoms with Gasteiger partial charge in [-0.15, -0.1) is 0 Å². The van der Waals surface area contributed by atoms with Crippen molar-refractivity contribution in [3.63, 3.8) is 0 Å². The Kier molecular flexibility index (Phi) is 3.80. The third-order valence-electron chi connectivity index (χ3n) is 0.611. The topological polar surface area (TPSA) is 24.1 Å². The monoisotopic (exact) mass is 203 g/mol. The van der Waals surface area contributed by atoms with Crippen molar-refractivity contribution < 1.29 is 0 Å². The Morgan fingerprint density at radius 3 is 1.60 bits per heavy atom. The maximum Gasteiger partial charge on any atom is 0.325 e. The lowest BCUT2D eigenvalue weighted by Gasteiger charge is -2.30. The van der Waals surface area contributed by atoms with Gasteiger partial charge in [-0.05, 0) is 20.8 Å². The number of nitrogens with one attached hydrogen (secondary N) is 2. The van der Waals surface area contributed by atoms with Gasteiger partial charge >= 0.3 is 4.53 Å². The fraction of sp³-hybridized carbons (Fsp3) is 1.00. The van der Waals surface area contributed by atoms with Crippen molar-refractivity contribution >= 4 is 38.9 Å². The van der Waals surface area contributed by atoms with Crippen LogP contribution < -0.4 is 10.8 Å². The predicted octanol–water partition coefficient (Wildman–Crippen LogP) is 2.03. The Labute approximate surface area is 76.2 Å². The molecule has 0 rings (SSSR count). The summed E-state index contributed by atoms with van der Waals surface area (Å²) in [5.74, 6) is 0. The average Bonchev–Trinajstić information content (AvgIpc) is 1.57. The van der Waals surface area contributed by atoms with Crippen molar-refractivity contribution in [3.8, 4) is 0 Å². The number of halogens is 3. The van der Waals surface area contributed by atoms with Crippen LogP contribution in [0, 0.1) is 0 Å². The Morgan fingerprint density at radius 2 is 1.50 bits per heavy atom. The van der Waals surface area contributed by atoms with Crippen molar-refractivity contribution in [2.45, 2.75) is 26.3 Å². The summed E-state index contributed by atoms with van der Waals surface area (Å²) >= 11 is 16.4. The van der Waals surface area contributed by atoms with Crippen molar-refractivity contribution in [2.75, 3.05) is 0 Å². The fourth-order valence-electron chi connectivity index (χ4n) is 0.298. The third kappa shape index (κ3) is 8.85. The summed E-state index contributed by atoms with van der Waals surface area (Å²) in [7, 11) is 0. The minimum absolute atomic E-state index is 0.0916. The van der Waals surface area contributed by atoms with E-state index in [1.165, 1.54) is 0 Å². The molecule has 0 aliphatic carbocycles. The molecule has 0 heterocycles. The highest BCUT2D eigenvalue weighted by Gasteiger charge is 2.15. The third-order valence-corrected chi connectivity index (χ3v) is 0.938. The summed E-state index contributed by atoms with van der Waals surface area (Å²) in [5, 5.41) is 2.57. The lowest BCUT2D eigenvalue weighted by atomic mass is 10.1. The Morgan fingerprint density at radius 1 is 1.10 bits per heavy atom. The molecule has 0 aromatic carbocycles. The van der Waals surface area contributed by atoms with Crippen LogP contribution in [0.15, 0.2) is 0 Å². The number of hydrogen-bond acceptors (Lipinski definition) is 2. The first-order valence-corrected chi connectivity index (χ1v) is 4.25. The van der Waals surface area contributed by atoms with E-state index >= 15 is 0 Å². The summed E-state index contributed by atoms with van der Waals surface area (Å²) in [4.78, 5) is 0. The summed E-state index contributed by atoms with van der Waals surface area (Å²) < 4.78 is -2.01. The van der Waals surface area contributed by atoms with Crippen LogP contribution >= 0.6 is 34.4 Å². The van der Waals surface area contributed by atoms with E-state index in [0.717, 1.165) is 0 Å². The van der Waals surface area contributed by atoms with Crippen LogP contribution in [0.3, 0.4) is 0 Å². The maximum atomic E-state index is 5.46. The van der Waals surface area contributed by atoms with E-state index in [4.69, 9.17) is 34.4 Å². The molecule has 2 N–H and O–H groups in total. The zero-order valence-corrected chi connectivity index (χ0v) is 8.48. The molecule has 0 saturated carbocycles. The highest BCUT2D eigenvalue weighted by Crippen LogP contribution is 2.14. The summed E-state index contributed by atoms with van der Waals surface area (Å²) in [5.41, 5.74) is 2.75. The molecule has 0 aliphatic rings. The van der Waals surface area contributed by atoms with Crippen LogP contribution in [0.25, 0.3) is 0 Å². The van der Waals surface area contributed by atoms with E-state index in [1.807, 2.05) is 20.8 Å². The van der Waals surface area contributed by atoms with Gasteiger partial charge in [0.1, 0.15) is 0 Å². The first-order chi connectivity index (χ1) is 4.21. The smallest absolute Gasteiger partial charge is 0.325 e. The Hall–Kier alpha value is 0.855. The van der Waals surface area contributed by atoms with Gasteiger partial charge in [0.25, 0.3) is 0 Å². The molecule has 0 bridgehead atoms. The lowest BCUT2D eigenvalue weighted by Crippen LogP contribution is -2.53. The zero-order valence-electron chi connectivity index (χ0n) is 6.21. The van der Waals surface area contributed by atoms with Crippen molar-refractivity contribution in [1.82, 2.24) is 10.8 Å². The molecule has 0 atom stereocenters. The van der Waals surface area contributed by atoms with Crippen molar-refractivity contribution in [3.05, 3.63) is 0 Å². The highest BCUT2D eigenvalue weighted by molar-refractivity contribution is 7.63. The predicted molar refractivity (Wildman–Crippen MR) is 49.3 cm³/mol. The van der Waals surface area contributed by atoms with Gasteiger partial charge in [-0.1, -0.05) is 0 Å². The van der Waals surface area contributed by atoms with Crippen LogP contribution in [-0.4, -0.2) is 10.1 Å². The standard InChI is InChI=1S/C4H11BCl3N2/c1-4(2,3)9-10-5(6,7)8/h9-10H,1-3H3/q-1. The van der Waals surface area contributed by atoms with Crippen molar-refractivity contribution in [1.29, 1.82) is 0 Å². The van der Waals surface area contributed by atoms with Gasteiger partial charge in [0.2, 0.25) is 0 Å². The molecule has 0 unspecified atom stereocenters. The van der Waals surface area contributed by atoms with E-state index in [9.17, 15) is 0 Å². The van der Waals surface area contributed by atoms with Gasteiger partial charge in [-0.2, -0.15) is 0 Å². The van der Waals surface area contributed by atoms with Crippen LogP contribution in [0.5, 0.6) is 0 Å². The van der Waals surface area contributed by atoms with E-state index in [0.29, 0.717) is 0 Å². The quantitative estimate of drug-likeness (QED) is 0.531. The van der Waals surface area contributed by atoms with Crippen LogP contribution in [0.1, 0.15) is 20.8 Å². The molecule has 0 radical (unpaired) electrons. The summed E-state index contributed by atoms with van der Waals surface area (Å²) in [6, 6.07) is 0. The molecular weight excluding hydrogens is 193 g/mol.